The Bertz CT molecular complexity index is 557. The second-order valence-electron chi connectivity index (χ2n) is 5.74. The monoisotopic (exact) mass is 304 g/mol. The Kier molecular flexibility index (Phi) is 5.55. The van der Waals surface area contributed by atoms with Crippen LogP contribution in [-0.2, 0) is 22.4 Å². The molecule has 1 unspecified atom stereocenters. The summed E-state index contributed by atoms with van der Waals surface area (Å²) in [7, 11) is 0. The minimum absolute atomic E-state index is 0.0595. The van der Waals surface area contributed by atoms with Gasteiger partial charge in [0.25, 0.3) is 0 Å². The van der Waals surface area contributed by atoms with E-state index in [0.29, 0.717) is 13.1 Å². The smallest absolute Gasteiger partial charge is 0.313 e. The molecule has 2 N–H and O–H groups in total. The van der Waals surface area contributed by atoms with E-state index in [1.54, 1.807) is 0 Å². The Balaban J connectivity index is 2.06. The summed E-state index contributed by atoms with van der Waals surface area (Å²) in [5.41, 5.74) is 2.87. The molecule has 0 spiro atoms. The molecule has 1 fully saturated rings. The summed E-state index contributed by atoms with van der Waals surface area (Å²) in [5, 5.41) is 11.9. The molecule has 0 aromatic heterocycles. The first-order valence-corrected chi connectivity index (χ1v) is 7.91. The van der Waals surface area contributed by atoms with Crippen molar-refractivity contribution >= 4 is 17.5 Å². The topological polar surface area (TPSA) is 69.6 Å². The molecule has 5 nitrogen and oxygen atoms in total. The molecule has 0 saturated carbocycles. The van der Waals surface area contributed by atoms with Crippen molar-refractivity contribution in [3.63, 3.8) is 0 Å². The number of amides is 2. The molecule has 0 radical (unpaired) electrons. The third-order valence-corrected chi connectivity index (χ3v) is 4.24. The molecular formula is C17H24N2O3. The summed E-state index contributed by atoms with van der Waals surface area (Å²) in [5.74, 6) is -1.02. The molecule has 1 aromatic rings. The van der Waals surface area contributed by atoms with Gasteiger partial charge in [-0.2, -0.15) is 0 Å². The van der Waals surface area contributed by atoms with Crippen LogP contribution in [0.5, 0.6) is 0 Å². The van der Waals surface area contributed by atoms with Gasteiger partial charge in [0, 0.05) is 31.3 Å². The maximum absolute atomic E-state index is 12.2. The number of likely N-dealkylation sites (tertiary alicyclic amines) is 1. The largest absolute Gasteiger partial charge is 0.396 e. The van der Waals surface area contributed by atoms with E-state index in [0.717, 1.165) is 36.1 Å². The van der Waals surface area contributed by atoms with Gasteiger partial charge < -0.3 is 15.3 Å². The highest BCUT2D eigenvalue weighted by Gasteiger charge is 2.29. The van der Waals surface area contributed by atoms with Crippen molar-refractivity contribution in [2.24, 2.45) is 5.92 Å². The lowest BCUT2D eigenvalue weighted by Gasteiger charge is -2.17. The highest BCUT2D eigenvalue weighted by atomic mass is 16.3. The average Bonchev–Trinajstić information content (AvgIpc) is 3.02. The van der Waals surface area contributed by atoms with Crippen LogP contribution in [-0.4, -0.2) is 41.5 Å². The third-order valence-electron chi connectivity index (χ3n) is 4.24. The first-order chi connectivity index (χ1) is 10.6. The Morgan fingerprint density at radius 2 is 2.09 bits per heavy atom. The molecular weight excluding hydrogens is 280 g/mol. The van der Waals surface area contributed by atoms with E-state index in [4.69, 9.17) is 5.11 Å². The number of hydrogen-bond donors (Lipinski definition) is 2. The Hall–Kier alpha value is -1.88. The van der Waals surface area contributed by atoms with Gasteiger partial charge in [-0.25, -0.2) is 0 Å². The van der Waals surface area contributed by atoms with E-state index in [1.807, 2.05) is 25.1 Å². The third kappa shape index (κ3) is 3.65. The number of aliphatic hydroxyl groups is 1. The quantitative estimate of drug-likeness (QED) is 0.830. The maximum atomic E-state index is 12.2. The maximum Gasteiger partial charge on any atom is 0.313 e. The van der Waals surface area contributed by atoms with Crippen molar-refractivity contribution in [3.05, 3.63) is 29.3 Å². The van der Waals surface area contributed by atoms with Crippen molar-refractivity contribution in [1.82, 2.24) is 4.90 Å². The van der Waals surface area contributed by atoms with E-state index in [2.05, 4.69) is 12.2 Å². The van der Waals surface area contributed by atoms with Crippen LogP contribution >= 0.6 is 0 Å². The van der Waals surface area contributed by atoms with Crippen LogP contribution in [0.2, 0.25) is 0 Å². The van der Waals surface area contributed by atoms with Crippen LogP contribution in [0.25, 0.3) is 0 Å². The van der Waals surface area contributed by atoms with E-state index in [1.165, 1.54) is 4.90 Å². The molecule has 2 amide bonds. The molecule has 1 atom stereocenters. The van der Waals surface area contributed by atoms with Gasteiger partial charge in [-0.05, 0) is 36.5 Å². The standard InChI is InChI=1S/C17H24N2O3/c1-3-12-5-6-14(4-2)15(9-12)18-16(21)17(22)19-8-7-13(10-19)11-20/h5-6,9,13,20H,3-4,7-8,10-11H2,1-2H3,(H,18,21). The first kappa shape index (κ1) is 16.5. The predicted octanol–water partition coefficient (Wildman–Crippen LogP) is 1.59. The summed E-state index contributed by atoms with van der Waals surface area (Å²) < 4.78 is 0. The fourth-order valence-electron chi connectivity index (χ4n) is 2.75. The van der Waals surface area contributed by atoms with Crippen molar-refractivity contribution in [3.8, 4) is 0 Å². The number of carbonyl (C=O) groups is 2. The van der Waals surface area contributed by atoms with Crippen molar-refractivity contribution in [2.45, 2.75) is 33.1 Å². The molecule has 1 saturated heterocycles. The first-order valence-electron chi connectivity index (χ1n) is 7.91. The molecule has 1 aromatic carbocycles. The van der Waals surface area contributed by atoms with Gasteiger partial charge >= 0.3 is 11.8 Å². The molecule has 5 heteroatoms. The number of benzene rings is 1. The SMILES string of the molecule is CCc1ccc(CC)c(NC(=O)C(=O)N2CCC(CO)C2)c1. The van der Waals surface area contributed by atoms with Crippen LogP contribution in [0.3, 0.4) is 0 Å². The van der Waals surface area contributed by atoms with E-state index < -0.39 is 11.8 Å². The summed E-state index contributed by atoms with van der Waals surface area (Å²) in [4.78, 5) is 25.9. The lowest BCUT2D eigenvalue weighted by Crippen LogP contribution is -2.38. The molecule has 1 aliphatic heterocycles. The molecule has 0 aliphatic carbocycles. The second-order valence-corrected chi connectivity index (χ2v) is 5.74. The Labute approximate surface area is 131 Å². The van der Waals surface area contributed by atoms with Crippen LogP contribution in [0, 0.1) is 5.92 Å². The van der Waals surface area contributed by atoms with Gasteiger partial charge in [0.1, 0.15) is 0 Å². The van der Waals surface area contributed by atoms with Crippen molar-refractivity contribution in [1.29, 1.82) is 0 Å². The molecule has 120 valence electrons. The Morgan fingerprint density at radius 3 is 2.68 bits per heavy atom. The van der Waals surface area contributed by atoms with Gasteiger partial charge in [0.05, 0.1) is 0 Å². The lowest BCUT2D eigenvalue weighted by atomic mass is 10.1. The van der Waals surface area contributed by atoms with Gasteiger partial charge in [0.2, 0.25) is 0 Å². The van der Waals surface area contributed by atoms with Crippen molar-refractivity contribution < 1.29 is 14.7 Å². The predicted molar refractivity (Wildman–Crippen MR) is 85.6 cm³/mol. The minimum atomic E-state index is -0.596. The van der Waals surface area contributed by atoms with Crippen LogP contribution in [0.4, 0.5) is 5.69 Å². The van der Waals surface area contributed by atoms with Crippen LogP contribution in [0.1, 0.15) is 31.4 Å². The van der Waals surface area contributed by atoms with E-state index >= 15 is 0 Å². The van der Waals surface area contributed by atoms with Gasteiger partial charge in [-0.3, -0.25) is 9.59 Å². The number of hydrogen-bond acceptors (Lipinski definition) is 3. The number of anilines is 1. The number of rotatable bonds is 4. The molecule has 22 heavy (non-hydrogen) atoms. The number of nitrogens with zero attached hydrogens (tertiary/aromatic N) is 1. The molecule has 2 rings (SSSR count). The second kappa shape index (κ2) is 7.40. The van der Waals surface area contributed by atoms with Gasteiger partial charge in [0.15, 0.2) is 0 Å². The number of aryl methyl sites for hydroxylation is 2. The van der Waals surface area contributed by atoms with Crippen LogP contribution in [0.15, 0.2) is 18.2 Å². The zero-order valence-corrected chi connectivity index (χ0v) is 13.3. The highest BCUT2D eigenvalue weighted by Crippen LogP contribution is 2.20. The van der Waals surface area contributed by atoms with E-state index in [-0.39, 0.29) is 12.5 Å². The molecule has 1 aliphatic rings. The highest BCUT2D eigenvalue weighted by molar-refractivity contribution is 6.39. The average molecular weight is 304 g/mol. The van der Waals surface area contributed by atoms with Crippen molar-refractivity contribution in [2.75, 3.05) is 25.0 Å². The van der Waals surface area contributed by atoms with Gasteiger partial charge in [-0.15, -0.1) is 0 Å². The Morgan fingerprint density at radius 1 is 1.32 bits per heavy atom. The fourth-order valence-corrected chi connectivity index (χ4v) is 2.75. The van der Waals surface area contributed by atoms with E-state index in [9.17, 15) is 9.59 Å². The van der Waals surface area contributed by atoms with Crippen LogP contribution < -0.4 is 5.32 Å². The number of aliphatic hydroxyl groups excluding tert-OH is 1. The summed E-state index contributed by atoms with van der Waals surface area (Å²) in [6.45, 7) is 5.12. The summed E-state index contributed by atoms with van der Waals surface area (Å²) in [6.07, 6.45) is 2.43. The normalized spacial score (nSPS) is 17.6. The molecule has 0 bridgehead atoms. The summed E-state index contributed by atoms with van der Waals surface area (Å²) in [6, 6.07) is 5.98. The number of carbonyl (C=O) groups excluding carboxylic acids is 2. The number of nitrogens with one attached hydrogen (secondary N) is 1. The fraction of sp³-hybridized carbons (Fsp3) is 0.529. The molecule has 1 heterocycles. The zero-order chi connectivity index (χ0) is 16.1. The lowest BCUT2D eigenvalue weighted by molar-refractivity contribution is -0.142. The summed E-state index contributed by atoms with van der Waals surface area (Å²) >= 11 is 0. The van der Waals surface area contributed by atoms with Gasteiger partial charge in [-0.1, -0.05) is 26.0 Å². The minimum Gasteiger partial charge on any atom is -0.396 e. The zero-order valence-electron chi connectivity index (χ0n) is 13.3.